The average Bonchev–Trinajstić information content (AvgIpc) is 2.15. The van der Waals surface area contributed by atoms with Crippen molar-refractivity contribution in [3.05, 3.63) is 42.6 Å². The Labute approximate surface area is 89.0 Å². The topological polar surface area (TPSA) is 72.6 Å². The number of aliphatic carboxylic acids is 1. The summed E-state index contributed by atoms with van der Waals surface area (Å²) >= 11 is 0. The average molecular weight is 209 g/mol. The van der Waals surface area contributed by atoms with Gasteiger partial charge in [-0.05, 0) is 24.8 Å². The van der Waals surface area contributed by atoms with Gasteiger partial charge < -0.3 is 15.6 Å². The second kappa shape index (κ2) is 7.44. The van der Waals surface area contributed by atoms with Crippen LogP contribution in [0, 0.1) is 0 Å². The molecule has 0 fully saturated rings. The third kappa shape index (κ3) is 9.95. The lowest BCUT2D eigenvalue weighted by Crippen LogP contribution is -2.09. The van der Waals surface area contributed by atoms with Crippen molar-refractivity contribution in [2.24, 2.45) is 5.73 Å². The molecule has 0 saturated carbocycles. The lowest BCUT2D eigenvalue weighted by molar-refractivity contribution is -0.139. The molecule has 1 aromatic carbocycles. The van der Waals surface area contributed by atoms with Gasteiger partial charge in [-0.25, -0.2) is 4.79 Å². The third-order valence-corrected chi connectivity index (χ3v) is 1.11. The summed E-state index contributed by atoms with van der Waals surface area (Å²) in [5, 5.41) is 8.25. The molecule has 0 atom stereocenters. The van der Waals surface area contributed by atoms with Crippen molar-refractivity contribution in [3.63, 3.8) is 0 Å². The molecule has 0 saturated heterocycles. The standard InChI is InChI=1S/C8H8O3.C3H7N/c9-8(10)6-11-7-4-2-1-3-5-7;1-3(2)4/h1-5H,6H2,(H,9,10);1,4H2,2H3. The number of hydrogen-bond acceptors (Lipinski definition) is 3. The van der Waals surface area contributed by atoms with E-state index in [1.54, 1.807) is 31.2 Å². The van der Waals surface area contributed by atoms with Crippen molar-refractivity contribution < 1.29 is 14.6 Å². The van der Waals surface area contributed by atoms with Gasteiger partial charge in [-0.2, -0.15) is 0 Å². The Kier molecular flexibility index (Phi) is 6.46. The summed E-state index contributed by atoms with van der Waals surface area (Å²) in [5.41, 5.74) is 5.58. The molecule has 0 heterocycles. The Hall–Kier alpha value is -1.97. The zero-order valence-electron chi connectivity index (χ0n) is 8.64. The molecule has 0 aliphatic rings. The maximum Gasteiger partial charge on any atom is 0.341 e. The fourth-order valence-corrected chi connectivity index (χ4v) is 0.662. The van der Waals surface area contributed by atoms with Gasteiger partial charge in [0.05, 0.1) is 0 Å². The van der Waals surface area contributed by atoms with Gasteiger partial charge >= 0.3 is 5.97 Å². The minimum Gasteiger partial charge on any atom is -0.482 e. The summed E-state index contributed by atoms with van der Waals surface area (Å²) in [7, 11) is 0. The van der Waals surface area contributed by atoms with Crippen LogP contribution in [0.5, 0.6) is 5.75 Å². The van der Waals surface area contributed by atoms with Crippen molar-refractivity contribution >= 4 is 5.97 Å². The molecule has 0 unspecified atom stereocenters. The van der Waals surface area contributed by atoms with E-state index < -0.39 is 5.97 Å². The highest BCUT2D eigenvalue weighted by Gasteiger charge is 1.96. The number of carboxylic acids is 1. The van der Waals surface area contributed by atoms with Crippen LogP contribution in [-0.4, -0.2) is 17.7 Å². The highest BCUT2D eigenvalue weighted by atomic mass is 16.5. The van der Waals surface area contributed by atoms with Crippen LogP contribution in [0.2, 0.25) is 0 Å². The van der Waals surface area contributed by atoms with Crippen LogP contribution >= 0.6 is 0 Å². The van der Waals surface area contributed by atoms with Crippen LogP contribution in [0.3, 0.4) is 0 Å². The molecule has 0 aliphatic carbocycles. The second-order valence-electron chi connectivity index (χ2n) is 2.84. The lowest BCUT2D eigenvalue weighted by atomic mass is 10.3. The molecule has 0 radical (unpaired) electrons. The summed E-state index contributed by atoms with van der Waals surface area (Å²) in [6.45, 7) is 4.80. The Morgan fingerprint density at radius 3 is 2.33 bits per heavy atom. The van der Waals surface area contributed by atoms with Crippen molar-refractivity contribution in [1.29, 1.82) is 0 Å². The molecule has 1 aromatic rings. The van der Waals surface area contributed by atoms with Crippen LogP contribution in [0.25, 0.3) is 0 Å². The van der Waals surface area contributed by atoms with E-state index in [0.717, 1.165) is 0 Å². The molecular weight excluding hydrogens is 194 g/mol. The van der Waals surface area contributed by atoms with Crippen LogP contribution in [-0.2, 0) is 4.79 Å². The van der Waals surface area contributed by atoms with Gasteiger partial charge in [0, 0.05) is 0 Å². The normalized spacial score (nSPS) is 8.33. The molecule has 3 N–H and O–H groups in total. The van der Waals surface area contributed by atoms with E-state index >= 15 is 0 Å². The van der Waals surface area contributed by atoms with Crippen molar-refractivity contribution in [1.82, 2.24) is 0 Å². The van der Waals surface area contributed by atoms with E-state index in [1.807, 2.05) is 6.07 Å². The van der Waals surface area contributed by atoms with E-state index in [9.17, 15) is 4.79 Å². The smallest absolute Gasteiger partial charge is 0.341 e. The lowest BCUT2D eigenvalue weighted by Gasteiger charge is -2.00. The van der Waals surface area contributed by atoms with Gasteiger partial charge in [0.25, 0.3) is 0 Å². The summed E-state index contributed by atoms with van der Waals surface area (Å²) < 4.78 is 4.87. The Morgan fingerprint density at radius 2 is 1.93 bits per heavy atom. The van der Waals surface area contributed by atoms with Gasteiger partial charge in [0.15, 0.2) is 6.61 Å². The molecule has 4 nitrogen and oxygen atoms in total. The minimum absolute atomic E-state index is 0.288. The first-order chi connectivity index (χ1) is 7.02. The van der Waals surface area contributed by atoms with Gasteiger partial charge in [0.2, 0.25) is 0 Å². The fourth-order valence-electron chi connectivity index (χ4n) is 0.662. The van der Waals surface area contributed by atoms with Gasteiger partial charge in [-0.15, -0.1) is 0 Å². The van der Waals surface area contributed by atoms with E-state index in [-0.39, 0.29) is 6.61 Å². The van der Waals surface area contributed by atoms with E-state index in [2.05, 4.69) is 6.58 Å². The van der Waals surface area contributed by atoms with Crippen molar-refractivity contribution in [2.75, 3.05) is 6.61 Å². The first-order valence-corrected chi connectivity index (χ1v) is 4.33. The molecule has 15 heavy (non-hydrogen) atoms. The van der Waals surface area contributed by atoms with Crippen LogP contribution in [0.4, 0.5) is 0 Å². The zero-order chi connectivity index (χ0) is 11.7. The molecule has 4 heteroatoms. The molecule has 0 aromatic heterocycles. The third-order valence-electron chi connectivity index (χ3n) is 1.11. The molecule has 0 bridgehead atoms. The molecule has 1 rings (SSSR count). The Bertz CT molecular complexity index is 305. The van der Waals surface area contributed by atoms with Crippen molar-refractivity contribution in [3.8, 4) is 5.75 Å². The summed E-state index contributed by atoms with van der Waals surface area (Å²) in [6, 6.07) is 8.84. The fraction of sp³-hybridized carbons (Fsp3) is 0.182. The maximum absolute atomic E-state index is 10.0. The zero-order valence-corrected chi connectivity index (χ0v) is 8.64. The quantitative estimate of drug-likeness (QED) is 0.793. The van der Waals surface area contributed by atoms with Crippen LogP contribution in [0.15, 0.2) is 42.6 Å². The number of para-hydroxylation sites is 1. The number of hydrogen-bond donors (Lipinski definition) is 2. The molecule has 82 valence electrons. The molecule has 0 aliphatic heterocycles. The van der Waals surface area contributed by atoms with Gasteiger partial charge in [-0.3, -0.25) is 0 Å². The van der Waals surface area contributed by atoms with E-state index in [4.69, 9.17) is 15.6 Å². The second-order valence-corrected chi connectivity index (χ2v) is 2.84. The number of ether oxygens (including phenoxy) is 1. The predicted molar refractivity (Wildman–Crippen MR) is 58.6 cm³/mol. The first kappa shape index (κ1) is 13.0. The van der Waals surface area contributed by atoms with Crippen LogP contribution < -0.4 is 10.5 Å². The monoisotopic (exact) mass is 209 g/mol. The number of nitrogens with two attached hydrogens (primary N) is 1. The van der Waals surface area contributed by atoms with E-state index in [0.29, 0.717) is 11.4 Å². The predicted octanol–water partition coefficient (Wildman–Crippen LogP) is 1.63. The SMILES string of the molecule is C=C(C)N.O=C(O)COc1ccccc1. The molecular formula is C11H15NO3. The summed E-state index contributed by atoms with van der Waals surface area (Å²) in [4.78, 5) is 10.0. The number of carbonyl (C=O) groups is 1. The Balaban J connectivity index is 0.000000423. The number of benzene rings is 1. The minimum atomic E-state index is -0.964. The Morgan fingerprint density at radius 1 is 1.47 bits per heavy atom. The highest BCUT2D eigenvalue weighted by Crippen LogP contribution is 2.07. The number of carboxylic acid groups (broad SMARTS) is 1. The molecule has 0 amide bonds. The van der Waals surface area contributed by atoms with Crippen LogP contribution in [0.1, 0.15) is 6.92 Å². The number of allylic oxidation sites excluding steroid dienone is 1. The molecule has 0 spiro atoms. The van der Waals surface area contributed by atoms with Gasteiger partial charge in [-0.1, -0.05) is 24.8 Å². The maximum atomic E-state index is 10.0. The summed E-state index contributed by atoms with van der Waals surface area (Å²) in [5.74, 6) is -0.385. The number of rotatable bonds is 3. The highest BCUT2D eigenvalue weighted by molar-refractivity contribution is 5.68. The van der Waals surface area contributed by atoms with E-state index in [1.165, 1.54) is 0 Å². The van der Waals surface area contributed by atoms with Crippen molar-refractivity contribution in [2.45, 2.75) is 6.92 Å². The summed E-state index contributed by atoms with van der Waals surface area (Å²) in [6.07, 6.45) is 0. The van der Waals surface area contributed by atoms with Gasteiger partial charge in [0.1, 0.15) is 5.75 Å². The first-order valence-electron chi connectivity index (χ1n) is 4.33. The largest absolute Gasteiger partial charge is 0.482 e.